The lowest BCUT2D eigenvalue weighted by Gasteiger charge is -2.11. The first-order valence-electron chi connectivity index (χ1n) is 4.75. The van der Waals surface area contributed by atoms with Gasteiger partial charge in [0.1, 0.15) is 10.8 Å². The van der Waals surface area contributed by atoms with Gasteiger partial charge in [-0.25, -0.2) is 0 Å². The van der Waals surface area contributed by atoms with E-state index >= 15 is 0 Å². The number of nitrogens with two attached hydrogens (primary N) is 1. The number of halogens is 3. The molecule has 2 aromatic rings. The molecule has 0 spiro atoms. The van der Waals surface area contributed by atoms with E-state index in [1.54, 1.807) is 36.4 Å². The van der Waals surface area contributed by atoms with Crippen LogP contribution >= 0.6 is 34.8 Å². The van der Waals surface area contributed by atoms with Crippen LogP contribution in [0.2, 0.25) is 15.1 Å². The molecule has 0 radical (unpaired) electrons. The fraction of sp³-hybridized carbons (Fsp3) is 0. The third kappa shape index (κ3) is 2.60. The van der Waals surface area contributed by atoms with E-state index < -0.39 is 0 Å². The van der Waals surface area contributed by atoms with E-state index in [0.717, 1.165) is 0 Å². The number of ether oxygens (including phenoxy) is 1. The van der Waals surface area contributed by atoms with E-state index in [0.29, 0.717) is 32.3 Å². The highest BCUT2D eigenvalue weighted by Crippen LogP contribution is 2.39. The first-order chi connectivity index (χ1) is 8.09. The Morgan fingerprint density at radius 3 is 2.24 bits per heavy atom. The van der Waals surface area contributed by atoms with Crippen LogP contribution < -0.4 is 10.5 Å². The SMILES string of the molecule is Nc1cccc(Cl)c1Oc1cccc(Cl)c1Cl. The fourth-order valence-corrected chi connectivity index (χ4v) is 1.86. The van der Waals surface area contributed by atoms with E-state index in [1.807, 2.05) is 0 Å². The van der Waals surface area contributed by atoms with Crippen molar-refractivity contribution in [1.82, 2.24) is 0 Å². The molecule has 0 aliphatic heterocycles. The minimum Gasteiger partial charge on any atom is -0.452 e. The molecule has 5 heteroatoms. The zero-order valence-corrected chi connectivity index (χ0v) is 10.9. The highest BCUT2D eigenvalue weighted by atomic mass is 35.5. The van der Waals surface area contributed by atoms with Crippen molar-refractivity contribution in [3.8, 4) is 11.5 Å². The van der Waals surface area contributed by atoms with Crippen LogP contribution in [0.25, 0.3) is 0 Å². The molecule has 0 aliphatic carbocycles. The molecule has 0 saturated heterocycles. The van der Waals surface area contributed by atoms with Gasteiger partial charge in [-0.1, -0.05) is 46.9 Å². The average molecular weight is 289 g/mol. The topological polar surface area (TPSA) is 35.2 Å². The van der Waals surface area contributed by atoms with Gasteiger partial charge in [-0.15, -0.1) is 0 Å². The van der Waals surface area contributed by atoms with Crippen LogP contribution in [0.5, 0.6) is 11.5 Å². The molecule has 0 bridgehead atoms. The van der Waals surface area contributed by atoms with Gasteiger partial charge in [0.15, 0.2) is 5.75 Å². The second kappa shape index (κ2) is 5.05. The maximum Gasteiger partial charge on any atom is 0.168 e. The van der Waals surface area contributed by atoms with E-state index in [-0.39, 0.29) is 0 Å². The summed E-state index contributed by atoms with van der Waals surface area (Å²) in [6.07, 6.45) is 0. The summed E-state index contributed by atoms with van der Waals surface area (Å²) in [4.78, 5) is 0. The van der Waals surface area contributed by atoms with Gasteiger partial charge in [0.25, 0.3) is 0 Å². The quantitative estimate of drug-likeness (QED) is 0.787. The van der Waals surface area contributed by atoms with Crippen molar-refractivity contribution in [3.63, 3.8) is 0 Å². The number of hydrogen-bond donors (Lipinski definition) is 1. The Kier molecular flexibility index (Phi) is 3.67. The van der Waals surface area contributed by atoms with Crippen molar-refractivity contribution in [3.05, 3.63) is 51.5 Å². The lowest BCUT2D eigenvalue weighted by Crippen LogP contribution is -1.93. The van der Waals surface area contributed by atoms with Gasteiger partial charge in [0.2, 0.25) is 0 Å². The number of rotatable bonds is 2. The minimum atomic E-state index is 0.327. The summed E-state index contributed by atoms with van der Waals surface area (Å²) >= 11 is 17.9. The van der Waals surface area contributed by atoms with Crippen LogP contribution in [0.1, 0.15) is 0 Å². The van der Waals surface area contributed by atoms with Crippen molar-refractivity contribution in [2.45, 2.75) is 0 Å². The van der Waals surface area contributed by atoms with E-state index in [9.17, 15) is 0 Å². The molecule has 2 N–H and O–H groups in total. The standard InChI is InChI=1S/C12H8Cl3NO/c13-7-3-2-6-10(11(7)15)17-12-8(14)4-1-5-9(12)16/h1-6H,16H2. The van der Waals surface area contributed by atoms with Crippen LogP contribution in [-0.4, -0.2) is 0 Å². The van der Waals surface area contributed by atoms with Crippen LogP contribution in [0.15, 0.2) is 36.4 Å². The van der Waals surface area contributed by atoms with Crippen LogP contribution in [0, 0.1) is 0 Å². The number of benzene rings is 2. The predicted molar refractivity (Wildman–Crippen MR) is 72.4 cm³/mol. The Morgan fingerprint density at radius 2 is 1.53 bits per heavy atom. The Hall–Kier alpha value is -1.09. The monoisotopic (exact) mass is 287 g/mol. The highest BCUT2D eigenvalue weighted by Gasteiger charge is 2.11. The second-order valence-electron chi connectivity index (χ2n) is 3.31. The molecule has 88 valence electrons. The van der Waals surface area contributed by atoms with Crippen molar-refractivity contribution in [2.24, 2.45) is 0 Å². The Balaban J connectivity index is 2.42. The summed E-state index contributed by atoms with van der Waals surface area (Å²) in [6.45, 7) is 0. The van der Waals surface area contributed by atoms with Gasteiger partial charge in [-0.3, -0.25) is 0 Å². The summed E-state index contributed by atoms with van der Waals surface area (Å²) in [5.74, 6) is 0.789. The maximum atomic E-state index is 6.01. The number of para-hydroxylation sites is 1. The lowest BCUT2D eigenvalue weighted by atomic mass is 10.3. The second-order valence-corrected chi connectivity index (χ2v) is 4.50. The van der Waals surface area contributed by atoms with Crippen LogP contribution in [0.3, 0.4) is 0 Å². The summed E-state index contributed by atoms with van der Waals surface area (Å²) in [7, 11) is 0. The number of anilines is 1. The van der Waals surface area contributed by atoms with Crippen LogP contribution in [0.4, 0.5) is 5.69 Å². The third-order valence-electron chi connectivity index (χ3n) is 2.13. The summed E-state index contributed by atoms with van der Waals surface area (Å²) in [6, 6.07) is 10.2. The Morgan fingerprint density at radius 1 is 0.882 bits per heavy atom. The van der Waals surface area contributed by atoms with Gasteiger partial charge in [-0.05, 0) is 24.3 Å². The maximum absolute atomic E-state index is 6.01. The number of nitrogen functional groups attached to an aromatic ring is 1. The van der Waals surface area contributed by atoms with Crippen molar-refractivity contribution >= 4 is 40.5 Å². The molecule has 0 atom stereocenters. The van der Waals surface area contributed by atoms with Gasteiger partial charge < -0.3 is 10.5 Å². The summed E-state index contributed by atoms with van der Waals surface area (Å²) in [5.41, 5.74) is 6.21. The predicted octanol–water partition coefficient (Wildman–Crippen LogP) is 5.02. The minimum absolute atomic E-state index is 0.327. The average Bonchev–Trinajstić information content (AvgIpc) is 2.29. The molecule has 0 heterocycles. The van der Waals surface area contributed by atoms with Gasteiger partial charge in [0.05, 0.1) is 15.7 Å². The molecule has 2 aromatic carbocycles. The highest BCUT2D eigenvalue weighted by molar-refractivity contribution is 6.43. The Labute approximate surface area is 114 Å². The smallest absolute Gasteiger partial charge is 0.168 e. The molecule has 17 heavy (non-hydrogen) atoms. The van der Waals surface area contributed by atoms with Gasteiger partial charge in [0, 0.05) is 0 Å². The Bertz CT molecular complexity index is 537. The summed E-state index contributed by atoms with van der Waals surface area (Å²) in [5, 5.41) is 1.16. The molecule has 0 unspecified atom stereocenters. The molecule has 2 nitrogen and oxygen atoms in total. The lowest BCUT2D eigenvalue weighted by molar-refractivity contribution is 0.485. The first-order valence-corrected chi connectivity index (χ1v) is 5.89. The van der Waals surface area contributed by atoms with Gasteiger partial charge in [-0.2, -0.15) is 0 Å². The fourth-order valence-electron chi connectivity index (χ4n) is 1.31. The van der Waals surface area contributed by atoms with Crippen molar-refractivity contribution in [1.29, 1.82) is 0 Å². The summed E-state index contributed by atoms with van der Waals surface area (Å²) < 4.78 is 5.58. The van der Waals surface area contributed by atoms with E-state index in [1.165, 1.54) is 0 Å². The van der Waals surface area contributed by atoms with E-state index in [4.69, 9.17) is 45.3 Å². The molecule has 2 rings (SSSR count). The zero-order chi connectivity index (χ0) is 12.4. The van der Waals surface area contributed by atoms with Gasteiger partial charge >= 0.3 is 0 Å². The first kappa shape index (κ1) is 12.4. The zero-order valence-electron chi connectivity index (χ0n) is 8.58. The molecule has 0 amide bonds. The molecule has 0 aliphatic rings. The largest absolute Gasteiger partial charge is 0.452 e. The third-order valence-corrected chi connectivity index (χ3v) is 3.22. The molecular weight excluding hydrogens is 280 g/mol. The van der Waals surface area contributed by atoms with Crippen molar-refractivity contribution < 1.29 is 4.74 Å². The molecule has 0 saturated carbocycles. The van der Waals surface area contributed by atoms with Crippen molar-refractivity contribution in [2.75, 3.05) is 5.73 Å². The van der Waals surface area contributed by atoms with Crippen LogP contribution in [-0.2, 0) is 0 Å². The normalized spacial score (nSPS) is 10.3. The molecular formula is C12H8Cl3NO. The molecule has 0 aromatic heterocycles. The number of hydrogen-bond acceptors (Lipinski definition) is 2. The van der Waals surface area contributed by atoms with E-state index in [2.05, 4.69) is 0 Å². The molecule has 0 fully saturated rings.